The summed E-state index contributed by atoms with van der Waals surface area (Å²) in [5.74, 6) is 2.41. The quantitative estimate of drug-likeness (QED) is 0.280. The number of aromatic nitrogens is 1. The fourth-order valence-electron chi connectivity index (χ4n) is 3.86. The van der Waals surface area contributed by atoms with E-state index in [1.807, 2.05) is 30.3 Å². The van der Waals surface area contributed by atoms with E-state index in [4.69, 9.17) is 18.9 Å². The van der Waals surface area contributed by atoms with Crippen molar-refractivity contribution in [2.45, 2.75) is 0 Å². The second kappa shape index (κ2) is 6.77. The maximum atomic E-state index is 11.0. The Balaban J connectivity index is 1.94. The molecule has 8 heteroatoms. The van der Waals surface area contributed by atoms with Gasteiger partial charge in [-0.2, -0.15) is 0 Å². The molecule has 0 atom stereocenters. The molecule has 1 aliphatic rings. The van der Waals surface area contributed by atoms with Gasteiger partial charge in [-0.25, -0.2) is 0 Å². The molecule has 5 rings (SSSR count). The Kier molecular flexibility index (Phi) is 4.06. The minimum absolute atomic E-state index is 0.150. The molecule has 0 bridgehead atoms. The third-order valence-electron chi connectivity index (χ3n) is 5.18. The molecule has 0 unspecified atom stereocenters. The maximum absolute atomic E-state index is 11.0. The van der Waals surface area contributed by atoms with Gasteiger partial charge in [0.15, 0.2) is 23.0 Å². The number of methoxy groups -OCH3 is 2. The van der Waals surface area contributed by atoms with E-state index in [0.717, 1.165) is 33.1 Å². The van der Waals surface area contributed by atoms with Gasteiger partial charge in [-0.15, -0.1) is 0 Å². The lowest BCUT2D eigenvalue weighted by atomic mass is 9.95. The van der Waals surface area contributed by atoms with Crippen molar-refractivity contribution in [3.63, 3.8) is 0 Å². The van der Waals surface area contributed by atoms with Crippen molar-refractivity contribution in [3.8, 4) is 23.0 Å². The number of hydrogen-bond acceptors (Lipinski definition) is 7. The van der Waals surface area contributed by atoms with Crippen LogP contribution in [0.4, 0.5) is 0 Å². The molecule has 8 nitrogen and oxygen atoms in total. The molecule has 1 aliphatic heterocycles. The summed E-state index contributed by atoms with van der Waals surface area (Å²) in [5.41, 5.74) is 1.40. The number of pyridine rings is 1. The molecule has 2 heterocycles. The van der Waals surface area contributed by atoms with Gasteiger partial charge in [0.05, 0.1) is 24.7 Å². The van der Waals surface area contributed by atoms with Gasteiger partial charge in [0, 0.05) is 34.5 Å². The van der Waals surface area contributed by atoms with E-state index >= 15 is 0 Å². The molecule has 0 spiro atoms. The Morgan fingerprint density at radius 3 is 2.47 bits per heavy atom. The molecule has 0 fully saturated rings. The van der Waals surface area contributed by atoms with E-state index < -0.39 is 4.92 Å². The Morgan fingerprint density at radius 2 is 1.73 bits per heavy atom. The second-order valence-corrected chi connectivity index (χ2v) is 6.76. The van der Waals surface area contributed by atoms with Crippen LogP contribution in [0.3, 0.4) is 0 Å². The predicted octanol–water partition coefficient (Wildman–Crippen LogP) is 4.53. The van der Waals surface area contributed by atoms with Crippen LogP contribution in [0.25, 0.3) is 38.5 Å². The van der Waals surface area contributed by atoms with Crippen molar-refractivity contribution in [2.75, 3.05) is 21.0 Å². The summed E-state index contributed by atoms with van der Waals surface area (Å²) < 4.78 is 21.9. The van der Waals surface area contributed by atoms with Crippen molar-refractivity contribution in [3.05, 3.63) is 58.4 Å². The monoisotopic (exact) mass is 404 g/mol. The number of fused-ring (bicyclic) bond motifs is 6. The first kappa shape index (κ1) is 18.0. The summed E-state index contributed by atoms with van der Waals surface area (Å²) in [6.45, 7) is 0.150. The lowest BCUT2D eigenvalue weighted by Crippen LogP contribution is -1.93. The average Bonchev–Trinajstić information content (AvgIpc) is 3.21. The molecule has 0 aliphatic carbocycles. The third kappa shape index (κ3) is 2.73. The van der Waals surface area contributed by atoms with Crippen LogP contribution in [0.15, 0.2) is 42.7 Å². The van der Waals surface area contributed by atoms with Gasteiger partial charge in [0.25, 0.3) is 0 Å². The predicted molar refractivity (Wildman–Crippen MR) is 112 cm³/mol. The lowest BCUT2D eigenvalue weighted by molar-refractivity contribution is -0.400. The van der Waals surface area contributed by atoms with Gasteiger partial charge in [-0.05, 0) is 40.6 Å². The second-order valence-electron chi connectivity index (χ2n) is 6.76. The van der Waals surface area contributed by atoms with Gasteiger partial charge in [0.2, 0.25) is 13.0 Å². The third-order valence-corrected chi connectivity index (χ3v) is 5.18. The van der Waals surface area contributed by atoms with Gasteiger partial charge in [-0.3, -0.25) is 15.1 Å². The van der Waals surface area contributed by atoms with E-state index in [1.165, 1.54) is 6.08 Å². The zero-order chi connectivity index (χ0) is 20.8. The number of benzene rings is 3. The van der Waals surface area contributed by atoms with E-state index in [-0.39, 0.29) is 6.79 Å². The highest BCUT2D eigenvalue weighted by Crippen LogP contribution is 2.42. The largest absolute Gasteiger partial charge is 0.493 e. The van der Waals surface area contributed by atoms with Crippen molar-refractivity contribution in [2.24, 2.45) is 0 Å². The highest BCUT2D eigenvalue weighted by molar-refractivity contribution is 6.20. The van der Waals surface area contributed by atoms with Crippen molar-refractivity contribution >= 4 is 38.5 Å². The van der Waals surface area contributed by atoms with Gasteiger partial charge in [-0.1, -0.05) is 0 Å². The topological polar surface area (TPSA) is 93.0 Å². The van der Waals surface area contributed by atoms with E-state index in [2.05, 4.69) is 4.98 Å². The SMILES string of the molecule is COc1cc2cc(/C=C/[N+](=O)[O-])c3c4cc5c(cc4ncc3c2cc1OC)OCO5. The fraction of sp³-hybridized carbons (Fsp3) is 0.136. The van der Waals surface area contributed by atoms with Gasteiger partial charge >= 0.3 is 0 Å². The zero-order valence-corrected chi connectivity index (χ0v) is 16.2. The van der Waals surface area contributed by atoms with Crippen molar-refractivity contribution < 1.29 is 23.9 Å². The maximum Gasteiger partial charge on any atom is 0.235 e. The Hall–Kier alpha value is -4.07. The summed E-state index contributed by atoms with van der Waals surface area (Å²) in [6.07, 6.45) is 4.18. The van der Waals surface area contributed by atoms with Crippen LogP contribution in [0.1, 0.15) is 5.56 Å². The molecular weight excluding hydrogens is 388 g/mol. The molecule has 0 amide bonds. The normalized spacial score (nSPS) is 12.9. The average molecular weight is 404 g/mol. The molecule has 3 aromatic carbocycles. The van der Waals surface area contributed by atoms with Crippen molar-refractivity contribution in [1.29, 1.82) is 0 Å². The van der Waals surface area contributed by atoms with E-state index in [0.29, 0.717) is 34.1 Å². The number of ether oxygens (including phenoxy) is 4. The lowest BCUT2D eigenvalue weighted by Gasteiger charge is -2.14. The number of rotatable bonds is 4. The molecule has 0 saturated carbocycles. The first-order chi connectivity index (χ1) is 14.6. The Morgan fingerprint density at radius 1 is 1.00 bits per heavy atom. The van der Waals surface area contributed by atoms with Crippen LogP contribution in [0.5, 0.6) is 23.0 Å². The van der Waals surface area contributed by atoms with E-state index in [1.54, 1.807) is 20.4 Å². The summed E-state index contributed by atoms with van der Waals surface area (Å²) in [5, 5.41) is 15.2. The van der Waals surface area contributed by atoms with E-state index in [9.17, 15) is 10.1 Å². The summed E-state index contributed by atoms with van der Waals surface area (Å²) in [7, 11) is 3.14. The van der Waals surface area contributed by atoms with Crippen LogP contribution in [-0.2, 0) is 0 Å². The van der Waals surface area contributed by atoms with Crippen molar-refractivity contribution in [1.82, 2.24) is 4.98 Å². The number of nitro groups is 1. The van der Waals surface area contributed by atoms with Crippen LogP contribution in [-0.4, -0.2) is 30.9 Å². The molecule has 150 valence electrons. The molecule has 0 N–H and O–H groups in total. The van der Waals surface area contributed by atoms with Crippen LogP contribution >= 0.6 is 0 Å². The zero-order valence-electron chi connectivity index (χ0n) is 16.2. The number of nitrogens with zero attached hydrogens (tertiary/aromatic N) is 2. The van der Waals surface area contributed by atoms with Crippen LogP contribution in [0, 0.1) is 10.1 Å². The smallest absolute Gasteiger partial charge is 0.235 e. The fourth-order valence-corrected chi connectivity index (χ4v) is 3.86. The molecule has 30 heavy (non-hydrogen) atoms. The molecule has 0 saturated heterocycles. The molecule has 4 aromatic rings. The summed E-state index contributed by atoms with van der Waals surface area (Å²) in [4.78, 5) is 15.1. The highest BCUT2D eigenvalue weighted by atomic mass is 16.7. The Labute approximate surface area is 170 Å². The molecule has 0 radical (unpaired) electrons. The summed E-state index contributed by atoms with van der Waals surface area (Å²) >= 11 is 0. The minimum atomic E-state index is -0.483. The molecule has 1 aromatic heterocycles. The van der Waals surface area contributed by atoms with Crippen LogP contribution < -0.4 is 18.9 Å². The molecular formula is C22H16N2O6. The van der Waals surface area contributed by atoms with Crippen LogP contribution in [0.2, 0.25) is 0 Å². The first-order valence-corrected chi connectivity index (χ1v) is 9.11. The standard InChI is InChI=1S/C22H16N2O6/c1-27-18-6-13-5-12(3-4-24(25)26)22-15-8-20-21(30-11-29-20)9-17(15)23-10-16(22)14(13)7-19(18)28-2/h3-10H,11H2,1-2H3/b4-3+. The first-order valence-electron chi connectivity index (χ1n) is 9.11. The Bertz CT molecular complexity index is 1380. The van der Waals surface area contributed by atoms with Gasteiger partial charge < -0.3 is 18.9 Å². The summed E-state index contributed by atoms with van der Waals surface area (Å²) in [6, 6.07) is 9.31. The number of hydrogen-bond donors (Lipinski definition) is 0. The van der Waals surface area contributed by atoms with Gasteiger partial charge in [0.1, 0.15) is 0 Å². The highest BCUT2D eigenvalue weighted by Gasteiger charge is 2.19. The minimum Gasteiger partial charge on any atom is -0.493 e.